The van der Waals surface area contributed by atoms with E-state index < -0.39 is 6.36 Å². The molecule has 33 heavy (non-hydrogen) atoms. The van der Waals surface area contributed by atoms with Gasteiger partial charge in [0.15, 0.2) is 5.13 Å². The number of para-hydroxylation sites is 1. The molecule has 2 aromatic carbocycles. The van der Waals surface area contributed by atoms with Crippen molar-refractivity contribution in [1.29, 1.82) is 0 Å². The van der Waals surface area contributed by atoms with Gasteiger partial charge < -0.3 is 14.6 Å². The standard InChI is InChI=1S/C22H21F3N4O2S.ClH/c1-28(2)9-10-29(20(30)11-14-13-26-17-6-4-3-5-16(14)17)21-27-18-8-7-15(12-19(18)32-21)31-22(23,24)25;/h3-8,12-13,26H,9-11H2,1-2H3;1H. The Morgan fingerprint density at radius 2 is 1.91 bits per heavy atom. The monoisotopic (exact) mass is 498 g/mol. The van der Waals surface area contributed by atoms with Gasteiger partial charge in [-0.15, -0.1) is 25.6 Å². The number of likely N-dealkylation sites (N-methyl/N-ethyl adjacent to an activating group) is 1. The molecule has 0 atom stereocenters. The summed E-state index contributed by atoms with van der Waals surface area (Å²) in [5, 5.41) is 1.42. The van der Waals surface area contributed by atoms with Gasteiger partial charge in [0.2, 0.25) is 5.91 Å². The molecule has 0 aliphatic heterocycles. The van der Waals surface area contributed by atoms with Crippen LogP contribution < -0.4 is 9.64 Å². The van der Waals surface area contributed by atoms with E-state index in [-0.39, 0.29) is 30.5 Å². The molecule has 2 aromatic heterocycles. The van der Waals surface area contributed by atoms with E-state index in [9.17, 15) is 18.0 Å². The lowest BCUT2D eigenvalue weighted by molar-refractivity contribution is -0.274. The molecule has 0 spiro atoms. The second-order valence-electron chi connectivity index (χ2n) is 7.56. The fourth-order valence-electron chi connectivity index (χ4n) is 3.37. The molecule has 4 rings (SSSR count). The number of fused-ring (bicyclic) bond motifs is 2. The van der Waals surface area contributed by atoms with Crippen LogP contribution in [0.15, 0.2) is 48.7 Å². The number of anilines is 1. The highest BCUT2D eigenvalue weighted by Gasteiger charge is 2.31. The number of ether oxygens (including phenoxy) is 1. The van der Waals surface area contributed by atoms with Crippen LogP contribution in [0, 0.1) is 0 Å². The highest BCUT2D eigenvalue weighted by atomic mass is 35.5. The van der Waals surface area contributed by atoms with Gasteiger partial charge >= 0.3 is 6.36 Å². The van der Waals surface area contributed by atoms with E-state index in [2.05, 4.69) is 14.7 Å². The molecule has 2 heterocycles. The number of hydrogen-bond acceptors (Lipinski definition) is 5. The van der Waals surface area contributed by atoms with Gasteiger partial charge in [-0.25, -0.2) is 4.98 Å². The molecule has 176 valence electrons. The van der Waals surface area contributed by atoms with Gasteiger partial charge in [0, 0.05) is 36.3 Å². The Kier molecular flexibility index (Phi) is 7.51. The summed E-state index contributed by atoms with van der Waals surface area (Å²) in [5.41, 5.74) is 2.34. The summed E-state index contributed by atoms with van der Waals surface area (Å²) in [5.74, 6) is -0.451. The number of hydrogen-bond donors (Lipinski definition) is 1. The zero-order chi connectivity index (χ0) is 22.9. The molecule has 6 nitrogen and oxygen atoms in total. The maximum atomic E-state index is 13.3. The zero-order valence-electron chi connectivity index (χ0n) is 17.8. The first-order valence-electron chi connectivity index (χ1n) is 9.86. The maximum Gasteiger partial charge on any atom is 0.573 e. The molecule has 1 N–H and O–H groups in total. The Bertz CT molecular complexity index is 1260. The first kappa shape index (κ1) is 24.8. The van der Waals surface area contributed by atoms with Gasteiger partial charge in [0.1, 0.15) is 5.75 Å². The molecule has 0 unspecified atom stereocenters. The number of halogens is 4. The highest BCUT2D eigenvalue weighted by molar-refractivity contribution is 7.22. The lowest BCUT2D eigenvalue weighted by Gasteiger charge is -2.22. The SMILES string of the molecule is CN(C)CCN(C(=O)Cc1c[nH]c2ccccc12)c1nc2ccc(OC(F)(F)F)cc2s1.Cl. The van der Waals surface area contributed by atoms with Gasteiger partial charge in [-0.1, -0.05) is 29.5 Å². The molecule has 0 aliphatic carbocycles. The number of nitrogens with zero attached hydrogens (tertiary/aromatic N) is 3. The van der Waals surface area contributed by atoms with Gasteiger partial charge in [-0.05, 0) is 37.9 Å². The van der Waals surface area contributed by atoms with E-state index in [1.165, 1.54) is 18.2 Å². The molecule has 0 aliphatic rings. The minimum atomic E-state index is -4.77. The zero-order valence-corrected chi connectivity index (χ0v) is 19.5. The van der Waals surface area contributed by atoms with E-state index in [1.807, 2.05) is 49.5 Å². The van der Waals surface area contributed by atoms with Crippen molar-refractivity contribution in [2.45, 2.75) is 12.8 Å². The number of thiazole rings is 1. The number of aromatic nitrogens is 2. The number of aromatic amines is 1. The topological polar surface area (TPSA) is 61.5 Å². The van der Waals surface area contributed by atoms with Crippen molar-refractivity contribution in [3.8, 4) is 5.75 Å². The van der Waals surface area contributed by atoms with Gasteiger partial charge in [0.25, 0.3) is 0 Å². The van der Waals surface area contributed by atoms with Crippen LogP contribution in [0.25, 0.3) is 21.1 Å². The fourth-order valence-corrected chi connectivity index (χ4v) is 4.41. The van der Waals surface area contributed by atoms with E-state index >= 15 is 0 Å². The van der Waals surface area contributed by atoms with Crippen LogP contribution in [-0.4, -0.2) is 54.3 Å². The molecule has 0 bridgehead atoms. The molecule has 0 saturated carbocycles. The summed E-state index contributed by atoms with van der Waals surface area (Å²) in [6.07, 6.45) is -2.77. The predicted octanol–water partition coefficient (Wildman–Crippen LogP) is 5.24. The van der Waals surface area contributed by atoms with Crippen LogP contribution in [0.1, 0.15) is 5.56 Å². The molecular weight excluding hydrogens is 477 g/mol. The van der Waals surface area contributed by atoms with Crippen molar-refractivity contribution in [3.05, 3.63) is 54.2 Å². The average molecular weight is 499 g/mol. The number of alkyl halides is 3. The summed E-state index contributed by atoms with van der Waals surface area (Å²) in [4.78, 5) is 24.5. The molecular formula is C22H22ClF3N4O2S. The third-order valence-corrected chi connectivity index (χ3v) is 5.94. The van der Waals surface area contributed by atoms with Crippen molar-refractivity contribution in [2.75, 3.05) is 32.1 Å². The number of H-pyrrole nitrogens is 1. The summed E-state index contributed by atoms with van der Waals surface area (Å²) in [6.45, 7) is 1.01. The molecule has 11 heteroatoms. The Labute approximate surface area is 198 Å². The Morgan fingerprint density at radius 1 is 1.15 bits per heavy atom. The van der Waals surface area contributed by atoms with Crippen molar-refractivity contribution in [1.82, 2.24) is 14.9 Å². The van der Waals surface area contributed by atoms with Crippen LogP contribution in [-0.2, 0) is 11.2 Å². The van der Waals surface area contributed by atoms with Crippen molar-refractivity contribution in [3.63, 3.8) is 0 Å². The van der Waals surface area contributed by atoms with E-state index in [0.29, 0.717) is 28.4 Å². The Balaban J connectivity index is 0.00000306. The predicted molar refractivity (Wildman–Crippen MR) is 126 cm³/mol. The molecule has 4 aromatic rings. The summed E-state index contributed by atoms with van der Waals surface area (Å²) in [7, 11) is 3.81. The number of benzene rings is 2. The Hall–Kier alpha value is -2.82. The lowest BCUT2D eigenvalue weighted by atomic mass is 10.1. The lowest BCUT2D eigenvalue weighted by Crippen LogP contribution is -2.37. The molecule has 0 saturated heterocycles. The first-order chi connectivity index (χ1) is 15.2. The van der Waals surface area contributed by atoms with Crippen LogP contribution in [0.4, 0.5) is 18.3 Å². The quantitative estimate of drug-likeness (QED) is 0.379. The van der Waals surface area contributed by atoms with Crippen LogP contribution >= 0.6 is 23.7 Å². The van der Waals surface area contributed by atoms with E-state index in [1.54, 1.807) is 4.90 Å². The Morgan fingerprint density at radius 3 is 2.64 bits per heavy atom. The van der Waals surface area contributed by atoms with Gasteiger partial charge in [0.05, 0.1) is 16.6 Å². The minimum absolute atomic E-state index is 0. The minimum Gasteiger partial charge on any atom is -0.406 e. The largest absolute Gasteiger partial charge is 0.573 e. The number of amides is 1. The summed E-state index contributed by atoms with van der Waals surface area (Å²) in [6, 6.07) is 11.7. The second-order valence-corrected chi connectivity index (χ2v) is 8.57. The molecule has 0 radical (unpaired) electrons. The number of carbonyl (C=O) groups excluding carboxylic acids is 1. The number of rotatable bonds is 7. The van der Waals surface area contributed by atoms with E-state index in [4.69, 9.17) is 0 Å². The molecule has 0 fully saturated rings. The smallest absolute Gasteiger partial charge is 0.406 e. The van der Waals surface area contributed by atoms with Gasteiger partial charge in [-0.3, -0.25) is 9.69 Å². The fraction of sp³-hybridized carbons (Fsp3) is 0.273. The number of carbonyl (C=O) groups is 1. The average Bonchev–Trinajstić information content (AvgIpc) is 3.31. The van der Waals surface area contributed by atoms with Crippen LogP contribution in [0.5, 0.6) is 5.75 Å². The second kappa shape index (κ2) is 9.98. The summed E-state index contributed by atoms with van der Waals surface area (Å²) < 4.78 is 42.2. The normalized spacial score (nSPS) is 11.7. The first-order valence-corrected chi connectivity index (χ1v) is 10.7. The van der Waals surface area contributed by atoms with Crippen molar-refractivity contribution >= 4 is 55.9 Å². The number of nitrogens with one attached hydrogen (secondary N) is 1. The third kappa shape index (κ3) is 5.95. The van der Waals surface area contributed by atoms with Crippen LogP contribution in [0.3, 0.4) is 0 Å². The van der Waals surface area contributed by atoms with E-state index in [0.717, 1.165) is 27.8 Å². The van der Waals surface area contributed by atoms with Crippen molar-refractivity contribution in [2.24, 2.45) is 0 Å². The molecule has 1 amide bonds. The maximum absolute atomic E-state index is 13.3. The van der Waals surface area contributed by atoms with Crippen LogP contribution in [0.2, 0.25) is 0 Å². The van der Waals surface area contributed by atoms with Crippen molar-refractivity contribution < 1.29 is 22.7 Å². The van der Waals surface area contributed by atoms with Gasteiger partial charge in [-0.2, -0.15) is 0 Å². The highest BCUT2D eigenvalue weighted by Crippen LogP contribution is 2.33. The summed E-state index contributed by atoms with van der Waals surface area (Å²) >= 11 is 1.16. The third-order valence-electron chi connectivity index (χ3n) is 4.90.